The van der Waals surface area contributed by atoms with Gasteiger partial charge in [0.15, 0.2) is 5.69 Å². The summed E-state index contributed by atoms with van der Waals surface area (Å²) in [5.41, 5.74) is 0.174. The lowest BCUT2D eigenvalue weighted by Crippen LogP contribution is -2.38. The number of rotatable bonds is 9. The Bertz CT molecular complexity index is 1150. The van der Waals surface area contributed by atoms with Gasteiger partial charge in [0.2, 0.25) is 5.91 Å². The average Bonchev–Trinajstić information content (AvgIpc) is 3.32. The molecule has 0 saturated carbocycles. The number of aromatic nitrogens is 2. The summed E-state index contributed by atoms with van der Waals surface area (Å²) in [7, 11) is 2.69. The zero-order valence-corrected chi connectivity index (χ0v) is 18.9. The topological polar surface area (TPSA) is 104 Å². The van der Waals surface area contributed by atoms with Gasteiger partial charge in [0.1, 0.15) is 18.1 Å². The van der Waals surface area contributed by atoms with Gasteiger partial charge < -0.3 is 24.8 Å². The number of carbonyl (C=O) groups is 2. The average molecular weight is 492 g/mol. The summed E-state index contributed by atoms with van der Waals surface area (Å²) < 4.78 is 56.3. The summed E-state index contributed by atoms with van der Waals surface area (Å²) in [6.45, 7) is 0.0943. The molecule has 2 N–H and O–H groups in total. The largest absolute Gasteiger partial charge is 0.497 e. The van der Waals surface area contributed by atoms with Crippen LogP contribution < -0.4 is 20.1 Å². The van der Waals surface area contributed by atoms with E-state index in [0.717, 1.165) is 6.07 Å². The van der Waals surface area contributed by atoms with Crippen LogP contribution in [0.25, 0.3) is 16.9 Å². The third-order valence-corrected chi connectivity index (χ3v) is 4.74. The molecule has 1 aromatic heterocycles. The molecule has 0 saturated heterocycles. The molecule has 0 radical (unpaired) electrons. The molecule has 0 fully saturated rings. The molecule has 2 amide bonds. The number of ether oxygens (including phenoxy) is 3. The third-order valence-electron chi connectivity index (χ3n) is 4.74. The molecular formula is C23H23F3N4O5. The maximum absolute atomic E-state index is 13.4. The van der Waals surface area contributed by atoms with Gasteiger partial charge in [0.05, 0.1) is 38.7 Å². The highest BCUT2D eigenvalue weighted by Gasteiger charge is 2.35. The van der Waals surface area contributed by atoms with Crippen molar-refractivity contribution in [3.8, 4) is 28.4 Å². The summed E-state index contributed by atoms with van der Waals surface area (Å²) in [5.74, 6) is 0.611. The number of hydrogen-bond acceptors (Lipinski definition) is 6. The van der Waals surface area contributed by atoms with Crippen LogP contribution in [0.2, 0.25) is 0 Å². The highest BCUT2D eigenvalue weighted by molar-refractivity contribution is 5.82. The van der Waals surface area contributed by atoms with Crippen LogP contribution in [-0.4, -0.2) is 55.7 Å². The Morgan fingerprint density at radius 1 is 0.971 bits per heavy atom. The maximum Gasteiger partial charge on any atom is 0.435 e. The molecule has 0 aliphatic carbocycles. The number of amides is 2. The zero-order valence-electron chi connectivity index (χ0n) is 18.9. The van der Waals surface area contributed by atoms with Crippen molar-refractivity contribution in [2.24, 2.45) is 0 Å². The SMILES string of the molecule is COC(=O)NCC(=O)NCCOc1ccc(-c2cc(C(F)(F)F)nn2-c2ccc(OC)cc2)cc1. The summed E-state index contributed by atoms with van der Waals surface area (Å²) in [6, 6.07) is 13.9. The van der Waals surface area contributed by atoms with E-state index in [1.807, 2.05) is 0 Å². The second-order valence-corrected chi connectivity index (χ2v) is 7.09. The number of methoxy groups -OCH3 is 2. The zero-order chi connectivity index (χ0) is 25.4. The first-order chi connectivity index (χ1) is 16.7. The van der Waals surface area contributed by atoms with Crippen LogP contribution in [0.5, 0.6) is 11.5 Å². The van der Waals surface area contributed by atoms with E-state index in [-0.39, 0.29) is 25.4 Å². The van der Waals surface area contributed by atoms with E-state index in [2.05, 4.69) is 20.5 Å². The van der Waals surface area contributed by atoms with Crippen molar-refractivity contribution in [3.63, 3.8) is 0 Å². The van der Waals surface area contributed by atoms with Crippen LogP contribution in [-0.2, 0) is 15.7 Å². The Labute approximate surface area is 198 Å². The predicted molar refractivity (Wildman–Crippen MR) is 119 cm³/mol. The van der Waals surface area contributed by atoms with E-state index >= 15 is 0 Å². The predicted octanol–water partition coefficient (Wildman–Crippen LogP) is 3.42. The number of carbonyl (C=O) groups excluding carboxylic acids is 2. The highest BCUT2D eigenvalue weighted by atomic mass is 19.4. The number of alkyl carbamates (subject to hydrolysis) is 1. The molecule has 35 heavy (non-hydrogen) atoms. The van der Waals surface area contributed by atoms with Gasteiger partial charge in [0, 0.05) is 5.56 Å². The number of halogens is 3. The summed E-state index contributed by atoms with van der Waals surface area (Å²) in [5, 5.41) is 8.57. The minimum absolute atomic E-state index is 0.144. The first kappa shape index (κ1) is 25.4. The van der Waals surface area contributed by atoms with Gasteiger partial charge in [-0.2, -0.15) is 18.3 Å². The van der Waals surface area contributed by atoms with Gasteiger partial charge in [-0.05, 0) is 54.6 Å². The van der Waals surface area contributed by atoms with Gasteiger partial charge in [-0.25, -0.2) is 9.48 Å². The lowest BCUT2D eigenvalue weighted by atomic mass is 10.1. The molecule has 9 nitrogen and oxygen atoms in total. The van der Waals surface area contributed by atoms with Crippen molar-refractivity contribution in [3.05, 3.63) is 60.3 Å². The molecule has 3 aromatic rings. The van der Waals surface area contributed by atoms with Crippen molar-refractivity contribution in [2.75, 3.05) is 33.9 Å². The number of nitrogens with one attached hydrogen (secondary N) is 2. The molecular weight excluding hydrogens is 469 g/mol. The van der Waals surface area contributed by atoms with Crippen molar-refractivity contribution >= 4 is 12.0 Å². The van der Waals surface area contributed by atoms with E-state index in [1.165, 1.54) is 18.9 Å². The Balaban J connectivity index is 1.67. The molecule has 0 aliphatic rings. The van der Waals surface area contributed by atoms with E-state index < -0.39 is 23.9 Å². The fraction of sp³-hybridized carbons (Fsp3) is 0.261. The van der Waals surface area contributed by atoms with Crippen molar-refractivity contribution in [1.29, 1.82) is 0 Å². The lowest BCUT2D eigenvalue weighted by Gasteiger charge is -2.10. The Morgan fingerprint density at radius 3 is 2.23 bits per heavy atom. The highest BCUT2D eigenvalue weighted by Crippen LogP contribution is 2.34. The van der Waals surface area contributed by atoms with Crippen molar-refractivity contribution in [2.45, 2.75) is 6.18 Å². The molecule has 12 heteroatoms. The standard InChI is InChI=1S/C23H23F3N4O5/c1-33-17-9-5-16(6-10-17)30-19(13-20(29-30)23(24,25)26)15-3-7-18(8-4-15)35-12-11-27-21(31)14-28-22(32)34-2/h3-10,13H,11-12,14H2,1-2H3,(H,27,31)(H,28,32). The van der Waals surface area contributed by atoms with Crippen LogP contribution in [0.3, 0.4) is 0 Å². The molecule has 2 aromatic carbocycles. The van der Waals surface area contributed by atoms with Crippen LogP contribution in [0.1, 0.15) is 5.69 Å². The second kappa shape index (κ2) is 11.3. The fourth-order valence-electron chi connectivity index (χ4n) is 3.01. The molecule has 0 aliphatic heterocycles. The Morgan fingerprint density at radius 2 is 1.63 bits per heavy atom. The Kier molecular flexibility index (Phi) is 8.18. The van der Waals surface area contributed by atoms with Gasteiger partial charge in [-0.15, -0.1) is 0 Å². The molecule has 0 atom stereocenters. The molecule has 0 spiro atoms. The van der Waals surface area contributed by atoms with E-state index in [1.54, 1.807) is 48.5 Å². The fourth-order valence-corrected chi connectivity index (χ4v) is 3.01. The molecule has 1 heterocycles. The minimum Gasteiger partial charge on any atom is -0.497 e. The third kappa shape index (κ3) is 6.88. The normalized spacial score (nSPS) is 11.0. The summed E-state index contributed by atoms with van der Waals surface area (Å²) >= 11 is 0. The summed E-state index contributed by atoms with van der Waals surface area (Å²) in [4.78, 5) is 22.5. The number of nitrogens with zero attached hydrogens (tertiary/aromatic N) is 2. The number of hydrogen-bond donors (Lipinski definition) is 2. The van der Waals surface area contributed by atoms with Crippen LogP contribution >= 0.6 is 0 Å². The van der Waals surface area contributed by atoms with Crippen molar-refractivity contribution in [1.82, 2.24) is 20.4 Å². The summed E-state index contributed by atoms with van der Waals surface area (Å²) in [6.07, 6.45) is -5.32. The quantitative estimate of drug-likeness (QED) is 0.444. The smallest absolute Gasteiger partial charge is 0.435 e. The molecule has 3 rings (SSSR count). The molecule has 0 unspecified atom stereocenters. The van der Waals surface area contributed by atoms with Crippen molar-refractivity contribution < 1.29 is 37.0 Å². The maximum atomic E-state index is 13.4. The van der Waals surface area contributed by atoms with Crippen LogP contribution in [0.4, 0.5) is 18.0 Å². The van der Waals surface area contributed by atoms with Gasteiger partial charge in [-0.3, -0.25) is 4.79 Å². The van der Waals surface area contributed by atoms with Gasteiger partial charge in [0.25, 0.3) is 0 Å². The monoisotopic (exact) mass is 492 g/mol. The van der Waals surface area contributed by atoms with Gasteiger partial charge in [-0.1, -0.05) is 0 Å². The minimum atomic E-state index is -4.60. The Hall–Kier alpha value is -4.22. The first-order valence-electron chi connectivity index (χ1n) is 10.3. The van der Waals surface area contributed by atoms with E-state index in [9.17, 15) is 22.8 Å². The second-order valence-electron chi connectivity index (χ2n) is 7.09. The lowest BCUT2D eigenvalue weighted by molar-refractivity contribution is -0.141. The first-order valence-corrected chi connectivity index (χ1v) is 10.3. The van der Waals surface area contributed by atoms with Gasteiger partial charge >= 0.3 is 12.3 Å². The van der Waals surface area contributed by atoms with E-state index in [0.29, 0.717) is 22.7 Å². The van der Waals surface area contributed by atoms with Crippen LogP contribution in [0, 0.1) is 0 Å². The number of benzene rings is 2. The van der Waals surface area contributed by atoms with Crippen LogP contribution in [0.15, 0.2) is 54.6 Å². The molecule has 0 bridgehead atoms. The number of alkyl halides is 3. The molecule has 186 valence electrons. The van der Waals surface area contributed by atoms with E-state index in [4.69, 9.17) is 9.47 Å².